The van der Waals surface area contributed by atoms with E-state index in [1.165, 1.54) is 44.9 Å². The average Bonchev–Trinajstić information content (AvgIpc) is 3.18. The lowest BCUT2D eigenvalue weighted by Gasteiger charge is -2.61. The minimum atomic E-state index is -3.35. The van der Waals surface area contributed by atoms with Gasteiger partial charge in [0, 0.05) is 0 Å². The fourth-order valence-electron chi connectivity index (χ4n) is 9.85. The summed E-state index contributed by atoms with van der Waals surface area (Å²) >= 11 is 0. The highest BCUT2D eigenvalue weighted by Crippen LogP contribution is 2.68. The first-order valence-electron chi connectivity index (χ1n) is 15.3. The molecule has 0 spiro atoms. The third-order valence-corrected chi connectivity index (χ3v) is 14.3. The summed E-state index contributed by atoms with van der Waals surface area (Å²) in [4.78, 5) is 0.503. The molecule has 37 heavy (non-hydrogen) atoms. The Hall–Kier alpha value is -0.870. The predicted molar refractivity (Wildman–Crippen MR) is 152 cm³/mol. The molecule has 1 aromatic carbocycles. The smallest absolute Gasteiger partial charge is 0.181 e. The lowest BCUT2D eigenvalue weighted by Crippen LogP contribution is -2.54. The highest BCUT2D eigenvalue weighted by atomic mass is 32.2. The first-order valence-corrected chi connectivity index (χ1v) is 16.9. The van der Waals surface area contributed by atoms with Crippen molar-refractivity contribution in [2.75, 3.05) is 0 Å². The summed E-state index contributed by atoms with van der Waals surface area (Å²) in [5.74, 6) is 3.51. The summed E-state index contributed by atoms with van der Waals surface area (Å²) < 4.78 is 27.9. The van der Waals surface area contributed by atoms with Crippen LogP contribution in [0.5, 0.6) is 0 Å². The second kappa shape index (κ2) is 9.95. The molecule has 0 saturated heterocycles. The molecular formula is C33H52O3S. The minimum Gasteiger partial charge on any atom is -0.393 e. The molecule has 4 heteroatoms. The number of benzene rings is 1. The molecule has 4 aliphatic rings. The normalized spacial score (nSPS) is 40.9. The van der Waals surface area contributed by atoms with Crippen molar-refractivity contribution in [3.8, 4) is 0 Å². The second-order valence-electron chi connectivity index (χ2n) is 15.2. The van der Waals surface area contributed by atoms with Gasteiger partial charge in [0.1, 0.15) is 0 Å². The van der Waals surface area contributed by atoms with Crippen molar-refractivity contribution in [3.63, 3.8) is 0 Å². The van der Waals surface area contributed by atoms with Crippen molar-refractivity contribution in [2.24, 2.45) is 45.8 Å². The molecule has 4 aliphatic carbocycles. The molecule has 0 bridgehead atoms. The van der Waals surface area contributed by atoms with Gasteiger partial charge in [-0.25, -0.2) is 8.42 Å². The van der Waals surface area contributed by atoms with Gasteiger partial charge < -0.3 is 5.11 Å². The van der Waals surface area contributed by atoms with Crippen LogP contribution in [-0.2, 0) is 9.84 Å². The fraction of sp³-hybridized carbons (Fsp3) is 0.818. The standard InChI is InChI=1S/C33H52O3S/c1-31(2,3)18-16-27(37(35,36)26-9-7-6-8-10-26)22-24-12-14-29-28-13-11-23-21-25(34)15-19-32(23,4)30(28)17-20-33(24,29)5/h6-10,23-25,27-30,34H,11-22H2,1-5H3/t23?,24-,25?,27?,28+,29?,30?,32?,33-/m1/s1. The van der Waals surface area contributed by atoms with Crippen molar-refractivity contribution >= 4 is 9.84 Å². The molecule has 3 nitrogen and oxygen atoms in total. The number of hydrogen-bond acceptors (Lipinski definition) is 3. The Kier molecular flexibility index (Phi) is 7.45. The molecule has 0 aliphatic heterocycles. The molecule has 5 rings (SSSR count). The van der Waals surface area contributed by atoms with Crippen LogP contribution in [0.4, 0.5) is 0 Å². The maximum Gasteiger partial charge on any atom is 0.181 e. The zero-order chi connectivity index (χ0) is 26.6. The first kappa shape index (κ1) is 27.7. The molecule has 4 fully saturated rings. The first-order chi connectivity index (χ1) is 17.3. The number of fused-ring (bicyclic) bond motifs is 5. The summed E-state index contributed by atoms with van der Waals surface area (Å²) in [6.07, 6.45) is 13.2. The zero-order valence-corrected chi connectivity index (χ0v) is 24.9. The molecule has 208 valence electrons. The number of rotatable bonds is 6. The van der Waals surface area contributed by atoms with Crippen LogP contribution in [0.1, 0.15) is 112 Å². The van der Waals surface area contributed by atoms with Gasteiger partial charge in [-0.15, -0.1) is 0 Å². The molecule has 0 amide bonds. The number of hydrogen-bond donors (Lipinski definition) is 1. The van der Waals surface area contributed by atoms with E-state index in [2.05, 4.69) is 34.6 Å². The van der Waals surface area contributed by atoms with Crippen molar-refractivity contribution < 1.29 is 13.5 Å². The van der Waals surface area contributed by atoms with Crippen LogP contribution in [-0.4, -0.2) is 24.9 Å². The van der Waals surface area contributed by atoms with E-state index in [0.29, 0.717) is 22.1 Å². The molecule has 0 radical (unpaired) electrons. The van der Waals surface area contributed by atoms with Gasteiger partial charge in [-0.1, -0.05) is 52.8 Å². The van der Waals surface area contributed by atoms with Gasteiger partial charge >= 0.3 is 0 Å². The van der Waals surface area contributed by atoms with Crippen molar-refractivity contribution in [1.29, 1.82) is 0 Å². The van der Waals surface area contributed by atoms with Gasteiger partial charge in [0.15, 0.2) is 9.84 Å². The Morgan fingerprint density at radius 3 is 2.30 bits per heavy atom. The number of sulfone groups is 1. The van der Waals surface area contributed by atoms with E-state index in [1.54, 1.807) is 12.1 Å². The lowest BCUT2D eigenvalue weighted by molar-refractivity contribution is -0.126. The van der Waals surface area contributed by atoms with E-state index in [9.17, 15) is 13.5 Å². The van der Waals surface area contributed by atoms with Crippen LogP contribution in [0.25, 0.3) is 0 Å². The summed E-state index contributed by atoms with van der Waals surface area (Å²) in [5.41, 5.74) is 0.796. The highest BCUT2D eigenvalue weighted by molar-refractivity contribution is 7.92. The van der Waals surface area contributed by atoms with Crippen LogP contribution in [0, 0.1) is 45.8 Å². The van der Waals surface area contributed by atoms with Crippen LogP contribution < -0.4 is 0 Å². The van der Waals surface area contributed by atoms with E-state index in [0.717, 1.165) is 49.9 Å². The van der Waals surface area contributed by atoms with E-state index in [1.807, 2.05) is 18.2 Å². The molecule has 6 unspecified atom stereocenters. The summed E-state index contributed by atoms with van der Waals surface area (Å²) in [6.45, 7) is 11.8. The molecule has 4 saturated carbocycles. The molecular weight excluding hydrogens is 476 g/mol. The van der Waals surface area contributed by atoms with Crippen LogP contribution >= 0.6 is 0 Å². The number of aliphatic hydroxyl groups excluding tert-OH is 1. The third kappa shape index (κ3) is 5.08. The van der Waals surface area contributed by atoms with Crippen LogP contribution in [0.3, 0.4) is 0 Å². The van der Waals surface area contributed by atoms with Crippen LogP contribution in [0.2, 0.25) is 0 Å². The molecule has 1 N–H and O–H groups in total. The topological polar surface area (TPSA) is 54.4 Å². The summed E-state index contributed by atoms with van der Waals surface area (Å²) in [5, 5.41) is 10.1. The van der Waals surface area contributed by atoms with Gasteiger partial charge in [0.05, 0.1) is 16.2 Å². The number of aliphatic hydroxyl groups is 1. The Bertz CT molecular complexity index is 1040. The highest BCUT2D eigenvalue weighted by Gasteiger charge is 2.60. The van der Waals surface area contributed by atoms with Crippen molar-refractivity contribution in [3.05, 3.63) is 30.3 Å². The van der Waals surface area contributed by atoms with Crippen LogP contribution in [0.15, 0.2) is 35.2 Å². The molecule has 1 aromatic rings. The zero-order valence-electron chi connectivity index (χ0n) is 24.1. The summed E-state index contributed by atoms with van der Waals surface area (Å²) in [6, 6.07) is 9.23. The van der Waals surface area contributed by atoms with E-state index in [4.69, 9.17) is 0 Å². The minimum absolute atomic E-state index is 0.0871. The SMILES string of the molecule is CC(C)(C)CCC(C[C@H]1CCC2[C@@H]3CCC4CC(O)CCC4(C)C3CC[C@@]21C)S(=O)(=O)c1ccccc1. The lowest BCUT2D eigenvalue weighted by atomic mass is 9.44. The summed E-state index contributed by atoms with van der Waals surface area (Å²) in [7, 11) is -3.35. The fourth-order valence-corrected chi connectivity index (χ4v) is 11.7. The van der Waals surface area contributed by atoms with Gasteiger partial charge in [-0.2, -0.15) is 0 Å². The van der Waals surface area contributed by atoms with E-state index >= 15 is 0 Å². The second-order valence-corrected chi connectivity index (χ2v) is 17.4. The third-order valence-electron chi connectivity index (χ3n) is 12.1. The Morgan fingerprint density at radius 2 is 1.59 bits per heavy atom. The Morgan fingerprint density at radius 1 is 0.919 bits per heavy atom. The van der Waals surface area contributed by atoms with Gasteiger partial charge in [0.25, 0.3) is 0 Å². The maximum absolute atomic E-state index is 13.9. The van der Waals surface area contributed by atoms with Gasteiger partial charge in [0.2, 0.25) is 0 Å². The molecule has 9 atom stereocenters. The molecule has 0 heterocycles. The maximum atomic E-state index is 13.9. The monoisotopic (exact) mass is 528 g/mol. The van der Waals surface area contributed by atoms with Gasteiger partial charge in [-0.05, 0) is 135 Å². The Labute approximate surface area is 227 Å². The molecule has 0 aromatic heterocycles. The van der Waals surface area contributed by atoms with Crippen molar-refractivity contribution in [1.82, 2.24) is 0 Å². The predicted octanol–water partition coefficient (Wildman–Crippen LogP) is 8.07. The Balaban J connectivity index is 1.37. The van der Waals surface area contributed by atoms with Crippen molar-refractivity contribution in [2.45, 2.75) is 128 Å². The van der Waals surface area contributed by atoms with E-state index < -0.39 is 9.84 Å². The quantitative estimate of drug-likeness (QED) is 0.406. The van der Waals surface area contributed by atoms with Gasteiger partial charge in [-0.3, -0.25) is 0 Å². The van der Waals surface area contributed by atoms with E-state index in [-0.39, 0.29) is 22.2 Å². The largest absolute Gasteiger partial charge is 0.393 e. The average molecular weight is 529 g/mol.